The van der Waals surface area contributed by atoms with E-state index >= 15 is 0 Å². The number of rotatable bonds is 5. The molecule has 2 aliphatic rings. The molecule has 3 rings (SSSR count). The maximum absolute atomic E-state index is 12.9. The van der Waals surface area contributed by atoms with Crippen molar-refractivity contribution in [1.29, 1.82) is 0 Å². The van der Waals surface area contributed by atoms with Gasteiger partial charge in [0.05, 0.1) is 13.1 Å². The van der Waals surface area contributed by atoms with Crippen LogP contribution in [0.15, 0.2) is 24.3 Å². The van der Waals surface area contributed by atoms with Gasteiger partial charge in [0, 0.05) is 45.0 Å². The van der Waals surface area contributed by atoms with Crippen LogP contribution in [0.5, 0.6) is 0 Å². The molecule has 1 aromatic rings. The van der Waals surface area contributed by atoms with Crippen LogP contribution in [0.2, 0.25) is 0 Å². The summed E-state index contributed by atoms with van der Waals surface area (Å²) in [6, 6.07) is 5.76. The van der Waals surface area contributed by atoms with E-state index in [4.69, 9.17) is 0 Å². The first-order valence-corrected chi connectivity index (χ1v) is 9.77. The lowest BCUT2D eigenvalue weighted by atomic mass is 10.0. The van der Waals surface area contributed by atoms with Crippen LogP contribution in [-0.4, -0.2) is 78.9 Å². The first-order valence-electron chi connectivity index (χ1n) is 9.77. The number of halogens is 1. The van der Waals surface area contributed by atoms with Crippen molar-refractivity contribution in [2.24, 2.45) is 5.92 Å². The molecule has 1 atom stereocenters. The average molecular weight is 376 g/mol. The van der Waals surface area contributed by atoms with Gasteiger partial charge in [-0.05, 0) is 43.0 Å². The molecule has 7 heteroatoms. The quantitative estimate of drug-likeness (QED) is 0.849. The van der Waals surface area contributed by atoms with E-state index < -0.39 is 0 Å². The van der Waals surface area contributed by atoms with Gasteiger partial charge in [0.15, 0.2) is 0 Å². The smallest absolute Gasteiger partial charge is 0.238 e. The number of nitrogens with one attached hydrogen (secondary N) is 1. The Morgan fingerprint density at radius 1 is 1.04 bits per heavy atom. The van der Waals surface area contributed by atoms with E-state index in [1.54, 1.807) is 12.1 Å². The molecule has 0 spiro atoms. The Labute approximate surface area is 160 Å². The highest BCUT2D eigenvalue weighted by Crippen LogP contribution is 2.16. The minimum Gasteiger partial charge on any atom is -0.341 e. The van der Waals surface area contributed by atoms with Crippen LogP contribution in [0.4, 0.5) is 10.1 Å². The number of piperidine rings is 1. The molecule has 148 valence electrons. The molecule has 27 heavy (non-hydrogen) atoms. The fourth-order valence-corrected chi connectivity index (χ4v) is 3.75. The van der Waals surface area contributed by atoms with Gasteiger partial charge in [0.1, 0.15) is 5.82 Å². The van der Waals surface area contributed by atoms with Gasteiger partial charge in [-0.1, -0.05) is 6.92 Å². The van der Waals surface area contributed by atoms with Gasteiger partial charge in [-0.15, -0.1) is 0 Å². The van der Waals surface area contributed by atoms with Gasteiger partial charge in [0.25, 0.3) is 0 Å². The Morgan fingerprint density at radius 3 is 2.30 bits per heavy atom. The lowest BCUT2D eigenvalue weighted by Crippen LogP contribution is -2.52. The van der Waals surface area contributed by atoms with Crippen molar-refractivity contribution in [1.82, 2.24) is 14.7 Å². The van der Waals surface area contributed by atoms with Gasteiger partial charge >= 0.3 is 0 Å². The fraction of sp³-hybridized carbons (Fsp3) is 0.600. The van der Waals surface area contributed by atoms with Crippen molar-refractivity contribution in [3.05, 3.63) is 30.1 Å². The van der Waals surface area contributed by atoms with Crippen molar-refractivity contribution >= 4 is 17.5 Å². The molecule has 0 aromatic heterocycles. The van der Waals surface area contributed by atoms with Crippen LogP contribution in [0.25, 0.3) is 0 Å². The van der Waals surface area contributed by atoms with Gasteiger partial charge in [-0.2, -0.15) is 0 Å². The van der Waals surface area contributed by atoms with Crippen LogP contribution < -0.4 is 5.32 Å². The number of amides is 2. The Kier molecular flexibility index (Phi) is 6.79. The number of benzene rings is 1. The Balaban J connectivity index is 1.37. The fourth-order valence-electron chi connectivity index (χ4n) is 3.75. The number of carbonyl (C=O) groups is 2. The zero-order valence-corrected chi connectivity index (χ0v) is 16.0. The maximum atomic E-state index is 12.9. The normalized spacial score (nSPS) is 21.9. The number of anilines is 1. The minimum atomic E-state index is -0.322. The summed E-state index contributed by atoms with van der Waals surface area (Å²) in [6.45, 7) is 7.86. The summed E-state index contributed by atoms with van der Waals surface area (Å²) in [5, 5.41) is 2.79. The topological polar surface area (TPSA) is 55.9 Å². The third-order valence-electron chi connectivity index (χ3n) is 5.33. The van der Waals surface area contributed by atoms with Crippen LogP contribution in [0, 0.1) is 11.7 Å². The first-order chi connectivity index (χ1) is 13.0. The van der Waals surface area contributed by atoms with Crippen LogP contribution >= 0.6 is 0 Å². The number of hydrogen-bond donors (Lipinski definition) is 1. The van der Waals surface area contributed by atoms with Gasteiger partial charge in [-0.25, -0.2) is 4.39 Å². The summed E-state index contributed by atoms with van der Waals surface area (Å²) in [4.78, 5) is 30.9. The van der Waals surface area contributed by atoms with Crippen LogP contribution in [-0.2, 0) is 9.59 Å². The molecule has 0 aliphatic carbocycles. The summed E-state index contributed by atoms with van der Waals surface area (Å²) in [7, 11) is 0. The van der Waals surface area contributed by atoms with Crippen LogP contribution in [0.3, 0.4) is 0 Å². The zero-order valence-electron chi connectivity index (χ0n) is 16.0. The second kappa shape index (κ2) is 9.28. The number of piperazine rings is 1. The second-order valence-corrected chi connectivity index (χ2v) is 7.69. The highest BCUT2D eigenvalue weighted by molar-refractivity contribution is 5.92. The summed E-state index contributed by atoms with van der Waals surface area (Å²) in [5.74, 6) is 0.398. The molecule has 1 N–H and O–H groups in total. The van der Waals surface area contributed by atoms with Gasteiger partial charge in [0.2, 0.25) is 11.8 Å². The van der Waals surface area contributed by atoms with Crippen molar-refractivity contribution in [3.8, 4) is 0 Å². The molecule has 2 saturated heterocycles. The third-order valence-corrected chi connectivity index (χ3v) is 5.33. The first kappa shape index (κ1) is 19.8. The molecule has 1 aromatic carbocycles. The molecule has 0 radical (unpaired) electrons. The molecule has 2 fully saturated rings. The minimum absolute atomic E-state index is 0.103. The molecule has 0 unspecified atom stereocenters. The average Bonchev–Trinajstić information content (AvgIpc) is 2.65. The number of carbonyl (C=O) groups excluding carboxylic acids is 2. The monoisotopic (exact) mass is 376 g/mol. The Hall–Kier alpha value is -1.99. The van der Waals surface area contributed by atoms with E-state index in [2.05, 4.69) is 22.0 Å². The molecule has 2 aliphatic heterocycles. The van der Waals surface area contributed by atoms with Gasteiger partial charge in [-0.3, -0.25) is 19.4 Å². The van der Waals surface area contributed by atoms with E-state index in [1.165, 1.54) is 18.6 Å². The van der Waals surface area contributed by atoms with E-state index in [1.807, 2.05) is 4.90 Å². The predicted octanol–water partition coefficient (Wildman–Crippen LogP) is 1.64. The standard InChI is InChI=1S/C20H29FN4O2/c1-16-3-2-8-25(13-16)20(27)15-24-11-9-23(10-12-24)14-19(26)22-18-6-4-17(21)5-7-18/h4-7,16H,2-3,8-15H2,1H3,(H,22,26)/t16-/m0/s1. The van der Waals surface area contributed by atoms with E-state index in [9.17, 15) is 14.0 Å². The molecular weight excluding hydrogens is 347 g/mol. The summed E-state index contributed by atoms with van der Waals surface area (Å²) >= 11 is 0. The number of likely N-dealkylation sites (tertiary alicyclic amines) is 1. The lowest BCUT2D eigenvalue weighted by molar-refractivity contribution is -0.134. The van der Waals surface area contributed by atoms with E-state index in [0.717, 1.165) is 45.7 Å². The molecule has 0 saturated carbocycles. The Bertz CT molecular complexity index is 644. The van der Waals surface area contributed by atoms with Crippen LogP contribution in [0.1, 0.15) is 19.8 Å². The summed E-state index contributed by atoms with van der Waals surface area (Å²) in [6.07, 6.45) is 2.31. The lowest BCUT2D eigenvalue weighted by Gasteiger charge is -2.36. The van der Waals surface area contributed by atoms with Gasteiger partial charge < -0.3 is 10.2 Å². The molecule has 2 heterocycles. The van der Waals surface area contributed by atoms with Crippen molar-refractivity contribution in [3.63, 3.8) is 0 Å². The van der Waals surface area contributed by atoms with E-state index in [-0.39, 0.29) is 17.6 Å². The SMILES string of the molecule is C[C@H]1CCCN(C(=O)CN2CCN(CC(=O)Nc3ccc(F)cc3)CC2)C1. The summed E-state index contributed by atoms with van der Waals surface area (Å²) < 4.78 is 12.9. The number of nitrogens with zero attached hydrogens (tertiary/aromatic N) is 3. The Morgan fingerprint density at radius 2 is 1.67 bits per heavy atom. The summed E-state index contributed by atoms with van der Waals surface area (Å²) in [5.41, 5.74) is 0.599. The zero-order chi connectivity index (χ0) is 19.2. The predicted molar refractivity (Wildman–Crippen MR) is 103 cm³/mol. The highest BCUT2D eigenvalue weighted by Gasteiger charge is 2.25. The number of hydrogen-bond acceptors (Lipinski definition) is 4. The molecule has 6 nitrogen and oxygen atoms in total. The molecule has 0 bridgehead atoms. The maximum Gasteiger partial charge on any atom is 0.238 e. The van der Waals surface area contributed by atoms with Crippen molar-refractivity contribution in [2.75, 3.05) is 57.7 Å². The second-order valence-electron chi connectivity index (χ2n) is 7.69. The molecule has 2 amide bonds. The van der Waals surface area contributed by atoms with Crippen molar-refractivity contribution < 1.29 is 14.0 Å². The van der Waals surface area contributed by atoms with E-state index in [0.29, 0.717) is 24.7 Å². The van der Waals surface area contributed by atoms with Crippen molar-refractivity contribution in [2.45, 2.75) is 19.8 Å². The highest BCUT2D eigenvalue weighted by atomic mass is 19.1. The molecular formula is C20H29FN4O2. The third kappa shape index (κ3) is 6.01. The largest absolute Gasteiger partial charge is 0.341 e.